The predicted octanol–water partition coefficient (Wildman–Crippen LogP) is 2.20. The van der Waals surface area contributed by atoms with Crippen molar-refractivity contribution in [1.29, 1.82) is 0 Å². The number of methoxy groups -OCH3 is 1. The number of amides is 2. The molecule has 0 fully saturated rings. The Labute approximate surface area is 177 Å². The molecular formula is C24H28N3O3+. The maximum atomic E-state index is 12.4. The van der Waals surface area contributed by atoms with Crippen LogP contribution in [0.3, 0.4) is 0 Å². The van der Waals surface area contributed by atoms with Crippen molar-refractivity contribution in [3.05, 3.63) is 71.8 Å². The Morgan fingerprint density at radius 3 is 2.30 bits per heavy atom. The summed E-state index contributed by atoms with van der Waals surface area (Å²) in [6, 6.07) is 19.3. The van der Waals surface area contributed by atoms with Crippen LogP contribution in [0.1, 0.15) is 15.9 Å². The molecule has 0 saturated heterocycles. The predicted molar refractivity (Wildman–Crippen MR) is 119 cm³/mol. The van der Waals surface area contributed by atoms with Crippen LogP contribution in [0.2, 0.25) is 0 Å². The summed E-state index contributed by atoms with van der Waals surface area (Å²) in [6.45, 7) is 1.09. The Morgan fingerprint density at radius 1 is 0.967 bits per heavy atom. The van der Waals surface area contributed by atoms with E-state index in [0.29, 0.717) is 17.8 Å². The van der Waals surface area contributed by atoms with Gasteiger partial charge in [-0.2, -0.15) is 0 Å². The van der Waals surface area contributed by atoms with Crippen molar-refractivity contribution >= 4 is 28.3 Å². The van der Waals surface area contributed by atoms with Crippen LogP contribution in [0.15, 0.2) is 60.7 Å². The minimum Gasteiger partial charge on any atom is -0.497 e. The summed E-state index contributed by atoms with van der Waals surface area (Å²) < 4.78 is 5.27. The fourth-order valence-corrected chi connectivity index (χ4v) is 3.35. The van der Waals surface area contributed by atoms with Crippen LogP contribution in [-0.2, 0) is 11.3 Å². The third kappa shape index (κ3) is 5.36. The van der Waals surface area contributed by atoms with Gasteiger partial charge < -0.3 is 19.9 Å². The first-order chi connectivity index (χ1) is 14.4. The van der Waals surface area contributed by atoms with Crippen molar-refractivity contribution in [2.45, 2.75) is 6.54 Å². The molecule has 0 aromatic heterocycles. The minimum atomic E-state index is -0.0651. The topological polar surface area (TPSA) is 63.1 Å². The molecule has 2 N–H and O–H groups in total. The fourth-order valence-electron chi connectivity index (χ4n) is 3.35. The van der Waals surface area contributed by atoms with Gasteiger partial charge in [0.15, 0.2) is 6.54 Å². The highest BCUT2D eigenvalue weighted by Crippen LogP contribution is 2.21. The lowest BCUT2D eigenvalue weighted by molar-refractivity contribution is -0.885. The minimum absolute atomic E-state index is 0.0640. The Balaban J connectivity index is 1.56. The van der Waals surface area contributed by atoms with Crippen LogP contribution >= 0.6 is 0 Å². The van der Waals surface area contributed by atoms with E-state index in [0.717, 1.165) is 28.0 Å². The summed E-state index contributed by atoms with van der Waals surface area (Å²) in [5, 5.41) is 5.18. The Hall–Kier alpha value is -3.38. The summed E-state index contributed by atoms with van der Waals surface area (Å²) in [5.74, 6) is 0.712. The summed E-state index contributed by atoms with van der Waals surface area (Å²) in [4.78, 5) is 26.9. The maximum Gasteiger partial charge on any atom is 0.279 e. The van der Waals surface area contributed by atoms with E-state index in [2.05, 4.69) is 23.5 Å². The number of benzene rings is 3. The molecule has 0 saturated carbocycles. The highest BCUT2D eigenvalue weighted by molar-refractivity contribution is 5.95. The number of ether oxygens (including phenoxy) is 1. The highest BCUT2D eigenvalue weighted by atomic mass is 16.5. The zero-order chi connectivity index (χ0) is 21.7. The van der Waals surface area contributed by atoms with E-state index < -0.39 is 0 Å². The lowest BCUT2D eigenvalue weighted by Crippen LogP contribution is -3.08. The molecule has 0 aliphatic heterocycles. The number of fused-ring (bicyclic) bond motifs is 1. The van der Waals surface area contributed by atoms with Gasteiger partial charge in [-0.15, -0.1) is 0 Å². The lowest BCUT2D eigenvalue weighted by Gasteiger charge is -2.15. The standard InChI is InChI=1S/C24H27N3O3/c1-26(2)24(29)18-7-10-21(11-8-18)25-23(28)16-27(3)15-17-5-6-20-14-22(30-4)12-9-19(20)13-17/h5-14H,15-16H2,1-4H3,(H,25,28)/p+1. The van der Waals surface area contributed by atoms with E-state index in [4.69, 9.17) is 4.74 Å². The van der Waals surface area contributed by atoms with Gasteiger partial charge in [0.25, 0.3) is 11.8 Å². The van der Waals surface area contributed by atoms with Crippen LogP contribution in [0.5, 0.6) is 5.75 Å². The SMILES string of the molecule is COc1ccc2cc(C[NH+](C)CC(=O)Nc3ccc(C(=O)N(C)C)cc3)ccc2c1. The molecule has 156 valence electrons. The number of hydrogen-bond acceptors (Lipinski definition) is 3. The molecule has 3 aromatic rings. The number of carbonyl (C=O) groups is 2. The first-order valence-corrected chi connectivity index (χ1v) is 9.85. The Bertz CT molecular complexity index is 1050. The van der Waals surface area contributed by atoms with E-state index >= 15 is 0 Å². The van der Waals surface area contributed by atoms with Crippen LogP contribution in [0.4, 0.5) is 5.69 Å². The molecule has 6 heteroatoms. The molecule has 1 unspecified atom stereocenters. The molecule has 0 bridgehead atoms. The third-order valence-corrected chi connectivity index (χ3v) is 4.90. The molecule has 0 spiro atoms. The Kier molecular flexibility index (Phi) is 6.69. The molecule has 30 heavy (non-hydrogen) atoms. The van der Waals surface area contributed by atoms with Crippen molar-refractivity contribution in [1.82, 2.24) is 4.90 Å². The van der Waals surface area contributed by atoms with Gasteiger partial charge >= 0.3 is 0 Å². The van der Waals surface area contributed by atoms with Crippen LogP contribution < -0.4 is 15.0 Å². The number of rotatable bonds is 7. The van der Waals surface area contributed by atoms with E-state index in [1.54, 1.807) is 45.5 Å². The highest BCUT2D eigenvalue weighted by Gasteiger charge is 2.12. The molecule has 6 nitrogen and oxygen atoms in total. The van der Waals surface area contributed by atoms with Gasteiger partial charge in [0.1, 0.15) is 12.3 Å². The number of nitrogens with zero attached hydrogens (tertiary/aromatic N) is 1. The smallest absolute Gasteiger partial charge is 0.279 e. The van der Waals surface area contributed by atoms with Gasteiger partial charge in [0.05, 0.1) is 14.2 Å². The second kappa shape index (κ2) is 9.41. The molecule has 1 atom stereocenters. The van der Waals surface area contributed by atoms with Crippen LogP contribution in [-0.4, -0.2) is 51.5 Å². The van der Waals surface area contributed by atoms with Crippen molar-refractivity contribution < 1.29 is 19.2 Å². The van der Waals surface area contributed by atoms with Gasteiger partial charge in [-0.05, 0) is 53.2 Å². The molecular weight excluding hydrogens is 378 g/mol. The molecule has 0 radical (unpaired) electrons. The van der Waals surface area contributed by atoms with Crippen molar-refractivity contribution in [2.75, 3.05) is 40.1 Å². The van der Waals surface area contributed by atoms with E-state index in [-0.39, 0.29) is 11.8 Å². The van der Waals surface area contributed by atoms with Gasteiger partial charge in [0, 0.05) is 30.9 Å². The lowest BCUT2D eigenvalue weighted by atomic mass is 10.1. The van der Waals surface area contributed by atoms with E-state index in [1.165, 1.54) is 10.5 Å². The monoisotopic (exact) mass is 406 g/mol. The van der Waals surface area contributed by atoms with E-state index in [9.17, 15) is 9.59 Å². The number of nitrogens with one attached hydrogen (secondary N) is 2. The van der Waals surface area contributed by atoms with Crippen molar-refractivity contribution in [2.24, 2.45) is 0 Å². The third-order valence-electron chi connectivity index (χ3n) is 4.90. The largest absolute Gasteiger partial charge is 0.497 e. The maximum absolute atomic E-state index is 12.4. The van der Waals surface area contributed by atoms with Gasteiger partial charge in [-0.3, -0.25) is 9.59 Å². The van der Waals surface area contributed by atoms with Gasteiger partial charge in [-0.1, -0.05) is 18.2 Å². The molecule has 0 aliphatic rings. The first-order valence-electron chi connectivity index (χ1n) is 9.85. The van der Waals surface area contributed by atoms with Gasteiger partial charge in [-0.25, -0.2) is 0 Å². The molecule has 0 aliphatic carbocycles. The second-order valence-electron chi connectivity index (χ2n) is 7.68. The normalized spacial score (nSPS) is 11.7. The fraction of sp³-hybridized carbons (Fsp3) is 0.250. The summed E-state index contributed by atoms with van der Waals surface area (Å²) in [7, 11) is 7.08. The average molecular weight is 407 g/mol. The summed E-state index contributed by atoms with van der Waals surface area (Å²) in [5.41, 5.74) is 2.45. The number of likely N-dealkylation sites (N-methyl/N-ethyl adjacent to an activating group) is 1. The average Bonchev–Trinajstić information content (AvgIpc) is 2.73. The molecule has 3 aromatic carbocycles. The number of carbonyl (C=O) groups excluding carboxylic acids is 2. The summed E-state index contributed by atoms with van der Waals surface area (Å²) in [6.07, 6.45) is 0. The number of quaternary nitrogens is 1. The molecule has 2 amide bonds. The van der Waals surface area contributed by atoms with E-state index in [1.807, 2.05) is 25.2 Å². The van der Waals surface area contributed by atoms with Crippen LogP contribution in [0.25, 0.3) is 10.8 Å². The van der Waals surface area contributed by atoms with Crippen molar-refractivity contribution in [3.63, 3.8) is 0 Å². The van der Waals surface area contributed by atoms with Gasteiger partial charge in [0.2, 0.25) is 0 Å². The zero-order valence-corrected chi connectivity index (χ0v) is 17.9. The first kappa shape index (κ1) is 21.3. The quantitative estimate of drug-likeness (QED) is 0.632. The van der Waals surface area contributed by atoms with Crippen LogP contribution in [0, 0.1) is 0 Å². The van der Waals surface area contributed by atoms with Crippen molar-refractivity contribution in [3.8, 4) is 5.75 Å². The molecule has 0 heterocycles. The zero-order valence-electron chi connectivity index (χ0n) is 17.9. The summed E-state index contributed by atoms with van der Waals surface area (Å²) >= 11 is 0. The number of hydrogen-bond donors (Lipinski definition) is 2. The molecule has 3 rings (SSSR count). The second-order valence-corrected chi connectivity index (χ2v) is 7.68. The number of anilines is 1. The Morgan fingerprint density at radius 2 is 1.63 bits per heavy atom.